The summed E-state index contributed by atoms with van der Waals surface area (Å²) in [5, 5.41) is 2.98. The normalized spacial score (nSPS) is 36.4. The van der Waals surface area contributed by atoms with Crippen LogP contribution in [-0.4, -0.2) is 53.7 Å². The standard InChI is InChI=1S/C16H23FN2O3/c17-16(5-1-6-16)15(21)19-7-4-10-8-12(22-13(10)9-19)14(20)18-11-2-3-11/h10-13H,1-9H2,(H,18,20)/t10-,12-,13-/m0/s1. The number of piperidine rings is 1. The van der Waals surface area contributed by atoms with Crippen LogP contribution in [0.5, 0.6) is 0 Å². The number of likely N-dealkylation sites (tertiary alicyclic amines) is 1. The zero-order valence-corrected chi connectivity index (χ0v) is 12.7. The van der Waals surface area contributed by atoms with Crippen molar-refractivity contribution in [2.75, 3.05) is 13.1 Å². The summed E-state index contributed by atoms with van der Waals surface area (Å²) < 4.78 is 20.2. The van der Waals surface area contributed by atoms with Crippen LogP contribution >= 0.6 is 0 Å². The fourth-order valence-corrected chi connectivity index (χ4v) is 3.79. The van der Waals surface area contributed by atoms with Gasteiger partial charge in [-0.25, -0.2) is 4.39 Å². The van der Waals surface area contributed by atoms with Crippen LogP contribution in [0.3, 0.4) is 0 Å². The quantitative estimate of drug-likeness (QED) is 0.851. The first-order chi connectivity index (χ1) is 10.5. The lowest BCUT2D eigenvalue weighted by molar-refractivity contribution is -0.154. The Labute approximate surface area is 129 Å². The highest BCUT2D eigenvalue weighted by Gasteiger charge is 2.50. The van der Waals surface area contributed by atoms with Gasteiger partial charge in [0.15, 0.2) is 5.67 Å². The molecule has 5 nitrogen and oxygen atoms in total. The number of alkyl halides is 1. The largest absolute Gasteiger partial charge is 0.363 e. The van der Waals surface area contributed by atoms with Gasteiger partial charge in [0.25, 0.3) is 5.91 Å². The fraction of sp³-hybridized carbons (Fsp3) is 0.875. The molecule has 2 aliphatic heterocycles. The van der Waals surface area contributed by atoms with Crippen LogP contribution < -0.4 is 5.32 Å². The van der Waals surface area contributed by atoms with E-state index < -0.39 is 11.8 Å². The summed E-state index contributed by atoms with van der Waals surface area (Å²) in [4.78, 5) is 26.0. The lowest BCUT2D eigenvalue weighted by atomic mass is 9.80. The highest BCUT2D eigenvalue weighted by molar-refractivity contribution is 5.86. The third-order valence-corrected chi connectivity index (χ3v) is 5.58. The molecule has 1 N–H and O–H groups in total. The Bertz CT molecular complexity index is 490. The lowest BCUT2D eigenvalue weighted by Crippen LogP contribution is -2.55. The molecule has 0 aromatic heterocycles. The van der Waals surface area contributed by atoms with Crippen molar-refractivity contribution in [3.63, 3.8) is 0 Å². The molecule has 3 atom stereocenters. The van der Waals surface area contributed by atoms with Crippen LogP contribution in [0.15, 0.2) is 0 Å². The lowest BCUT2D eigenvalue weighted by Gasteiger charge is -2.41. The first kappa shape index (κ1) is 14.4. The average molecular weight is 310 g/mol. The molecule has 122 valence electrons. The molecule has 4 fully saturated rings. The van der Waals surface area contributed by atoms with E-state index >= 15 is 0 Å². The first-order valence-corrected chi connectivity index (χ1v) is 8.49. The van der Waals surface area contributed by atoms with Crippen LogP contribution in [-0.2, 0) is 14.3 Å². The van der Waals surface area contributed by atoms with Crippen LogP contribution in [0.4, 0.5) is 4.39 Å². The van der Waals surface area contributed by atoms with Crippen molar-refractivity contribution in [3.05, 3.63) is 0 Å². The molecule has 0 aromatic rings. The summed E-state index contributed by atoms with van der Waals surface area (Å²) in [6.07, 6.45) is 4.64. The SMILES string of the molecule is O=C(NC1CC1)[C@@H]1C[C@@H]2CCN(C(=O)C3(F)CCC3)C[C@@H]2O1. The molecule has 0 unspecified atom stereocenters. The van der Waals surface area contributed by atoms with Crippen LogP contribution in [0.25, 0.3) is 0 Å². The predicted octanol–water partition coefficient (Wildman–Crippen LogP) is 1.16. The zero-order chi connectivity index (χ0) is 15.3. The van der Waals surface area contributed by atoms with Crippen molar-refractivity contribution >= 4 is 11.8 Å². The molecule has 0 radical (unpaired) electrons. The Morgan fingerprint density at radius 2 is 2.00 bits per heavy atom. The maximum Gasteiger partial charge on any atom is 0.260 e. The number of fused-ring (bicyclic) bond motifs is 1. The molecule has 22 heavy (non-hydrogen) atoms. The van der Waals surface area contributed by atoms with E-state index in [1.165, 1.54) is 0 Å². The Balaban J connectivity index is 1.35. The summed E-state index contributed by atoms with van der Waals surface area (Å²) in [6, 6.07) is 0.335. The van der Waals surface area contributed by atoms with E-state index in [2.05, 4.69) is 5.32 Å². The number of rotatable bonds is 3. The van der Waals surface area contributed by atoms with Crippen molar-refractivity contribution in [1.82, 2.24) is 10.2 Å². The van der Waals surface area contributed by atoms with Gasteiger partial charge in [-0.05, 0) is 50.9 Å². The topological polar surface area (TPSA) is 58.6 Å². The molecular weight excluding hydrogens is 287 g/mol. The third kappa shape index (κ3) is 2.51. The zero-order valence-electron chi connectivity index (χ0n) is 12.7. The second-order valence-electron chi connectivity index (χ2n) is 7.30. The van der Waals surface area contributed by atoms with Gasteiger partial charge in [0.1, 0.15) is 6.10 Å². The van der Waals surface area contributed by atoms with E-state index in [0.717, 1.165) is 32.1 Å². The smallest absolute Gasteiger partial charge is 0.260 e. The number of nitrogens with zero attached hydrogens (tertiary/aromatic N) is 1. The number of ether oxygens (including phenoxy) is 1. The summed E-state index contributed by atoms with van der Waals surface area (Å²) in [6.45, 7) is 1.02. The van der Waals surface area contributed by atoms with Gasteiger partial charge < -0.3 is 15.0 Å². The first-order valence-electron chi connectivity index (χ1n) is 8.49. The average Bonchev–Trinajstić information content (AvgIpc) is 3.18. The minimum Gasteiger partial charge on any atom is -0.363 e. The number of nitrogens with one attached hydrogen (secondary N) is 1. The summed E-state index contributed by atoms with van der Waals surface area (Å²) in [7, 11) is 0. The molecule has 2 amide bonds. The Hall–Kier alpha value is -1.17. The van der Waals surface area contributed by atoms with Crippen molar-refractivity contribution in [3.8, 4) is 0 Å². The Kier molecular flexibility index (Phi) is 3.40. The van der Waals surface area contributed by atoms with Crippen molar-refractivity contribution in [2.45, 2.75) is 68.9 Å². The molecule has 2 saturated carbocycles. The minimum atomic E-state index is -1.63. The second-order valence-corrected chi connectivity index (χ2v) is 7.30. The number of hydrogen-bond acceptors (Lipinski definition) is 3. The molecule has 0 aromatic carbocycles. The summed E-state index contributed by atoms with van der Waals surface area (Å²) in [5.41, 5.74) is -1.63. The van der Waals surface area contributed by atoms with Gasteiger partial charge in [0.05, 0.1) is 6.10 Å². The molecule has 2 aliphatic carbocycles. The summed E-state index contributed by atoms with van der Waals surface area (Å²) in [5.74, 6) is -0.0710. The van der Waals surface area contributed by atoms with Gasteiger partial charge in [-0.3, -0.25) is 9.59 Å². The van der Waals surface area contributed by atoms with Crippen LogP contribution in [0, 0.1) is 5.92 Å². The maximum atomic E-state index is 14.3. The van der Waals surface area contributed by atoms with Crippen LogP contribution in [0.2, 0.25) is 0 Å². The van der Waals surface area contributed by atoms with E-state index in [0.29, 0.717) is 37.9 Å². The van der Waals surface area contributed by atoms with Gasteiger partial charge in [-0.15, -0.1) is 0 Å². The molecule has 2 saturated heterocycles. The fourth-order valence-electron chi connectivity index (χ4n) is 3.79. The van der Waals surface area contributed by atoms with E-state index in [1.807, 2.05) is 0 Å². The molecule has 2 heterocycles. The number of carbonyl (C=O) groups excluding carboxylic acids is 2. The van der Waals surface area contributed by atoms with Crippen LogP contribution in [0.1, 0.15) is 44.9 Å². The minimum absolute atomic E-state index is 0.0178. The van der Waals surface area contributed by atoms with Crippen molar-refractivity contribution < 1.29 is 18.7 Å². The number of amides is 2. The molecule has 0 spiro atoms. The Morgan fingerprint density at radius 3 is 2.64 bits per heavy atom. The van der Waals surface area contributed by atoms with E-state index in [4.69, 9.17) is 4.74 Å². The molecule has 6 heteroatoms. The molecule has 0 bridgehead atoms. The van der Waals surface area contributed by atoms with Gasteiger partial charge in [0.2, 0.25) is 5.91 Å². The Morgan fingerprint density at radius 1 is 1.23 bits per heavy atom. The number of hydrogen-bond donors (Lipinski definition) is 1. The van der Waals surface area contributed by atoms with E-state index in [1.54, 1.807) is 4.90 Å². The number of halogens is 1. The van der Waals surface area contributed by atoms with Crippen molar-refractivity contribution in [2.24, 2.45) is 5.92 Å². The molecule has 4 aliphatic rings. The predicted molar refractivity (Wildman–Crippen MR) is 76.8 cm³/mol. The maximum absolute atomic E-state index is 14.3. The van der Waals surface area contributed by atoms with E-state index in [9.17, 15) is 14.0 Å². The monoisotopic (exact) mass is 310 g/mol. The van der Waals surface area contributed by atoms with Gasteiger partial charge in [-0.2, -0.15) is 0 Å². The van der Waals surface area contributed by atoms with Gasteiger partial charge in [-0.1, -0.05) is 0 Å². The van der Waals surface area contributed by atoms with Gasteiger partial charge >= 0.3 is 0 Å². The summed E-state index contributed by atoms with van der Waals surface area (Å²) >= 11 is 0. The van der Waals surface area contributed by atoms with Gasteiger partial charge in [0, 0.05) is 19.1 Å². The second kappa shape index (κ2) is 5.18. The highest BCUT2D eigenvalue weighted by Crippen LogP contribution is 2.40. The van der Waals surface area contributed by atoms with Crippen molar-refractivity contribution in [1.29, 1.82) is 0 Å². The number of carbonyl (C=O) groups is 2. The highest BCUT2D eigenvalue weighted by atomic mass is 19.1. The molecular formula is C16H23FN2O3. The van der Waals surface area contributed by atoms with E-state index in [-0.39, 0.29) is 17.9 Å². The third-order valence-electron chi connectivity index (χ3n) is 5.58. The molecule has 4 rings (SSSR count).